The Morgan fingerprint density at radius 1 is 1.47 bits per heavy atom. The van der Waals surface area contributed by atoms with Gasteiger partial charge in [-0.25, -0.2) is 0 Å². The largest absolute Gasteiger partial charge is 0.454 e. The second kappa shape index (κ2) is 6.24. The Morgan fingerprint density at radius 2 is 2.26 bits per heavy atom. The van der Waals surface area contributed by atoms with E-state index in [4.69, 9.17) is 15.2 Å². The van der Waals surface area contributed by atoms with E-state index in [0.29, 0.717) is 12.3 Å². The van der Waals surface area contributed by atoms with Crippen molar-refractivity contribution in [2.75, 3.05) is 13.3 Å². The van der Waals surface area contributed by atoms with Gasteiger partial charge in [0.05, 0.1) is 0 Å². The Morgan fingerprint density at radius 3 is 3.05 bits per heavy atom. The molecule has 1 aromatic rings. The summed E-state index contributed by atoms with van der Waals surface area (Å²) >= 11 is 0. The molecule has 1 heterocycles. The molecule has 0 fully saturated rings. The highest BCUT2D eigenvalue weighted by Gasteiger charge is 2.12. The fourth-order valence-electron chi connectivity index (χ4n) is 1.67. The number of benzene rings is 1. The number of hydrogen-bond donors (Lipinski definition) is 2. The number of hydrogen-bond acceptors (Lipinski definition) is 4. The number of amides is 1. The van der Waals surface area contributed by atoms with Gasteiger partial charge in [0, 0.05) is 18.7 Å². The second-order valence-electron chi connectivity index (χ2n) is 4.50. The molecule has 1 aliphatic heterocycles. The van der Waals surface area contributed by atoms with E-state index < -0.39 is 0 Å². The zero-order chi connectivity index (χ0) is 13.7. The molecule has 0 aromatic heterocycles. The molecule has 2 rings (SSSR count). The molecule has 1 aliphatic rings. The van der Waals surface area contributed by atoms with Gasteiger partial charge in [-0.15, -0.1) is 0 Å². The van der Waals surface area contributed by atoms with Gasteiger partial charge in [-0.3, -0.25) is 4.79 Å². The molecule has 19 heavy (non-hydrogen) atoms. The predicted molar refractivity (Wildman–Crippen MR) is 72.9 cm³/mol. The average Bonchev–Trinajstić information content (AvgIpc) is 2.83. The monoisotopic (exact) mass is 262 g/mol. The lowest BCUT2D eigenvalue weighted by molar-refractivity contribution is -0.116. The molecule has 0 aliphatic carbocycles. The predicted octanol–water partition coefficient (Wildman–Crippen LogP) is 1.28. The Hall–Kier alpha value is -2.01. The molecule has 1 unspecified atom stereocenters. The summed E-state index contributed by atoms with van der Waals surface area (Å²) in [5.74, 6) is 1.32. The molecular weight excluding hydrogens is 244 g/mol. The van der Waals surface area contributed by atoms with Crippen molar-refractivity contribution in [2.24, 2.45) is 5.73 Å². The normalized spacial score (nSPS) is 14.6. The number of ether oxygens (including phenoxy) is 2. The van der Waals surface area contributed by atoms with E-state index in [0.717, 1.165) is 17.7 Å². The highest BCUT2D eigenvalue weighted by Crippen LogP contribution is 2.32. The van der Waals surface area contributed by atoms with Crippen molar-refractivity contribution < 1.29 is 14.3 Å². The Bertz CT molecular complexity index is 484. The van der Waals surface area contributed by atoms with Gasteiger partial charge < -0.3 is 20.5 Å². The van der Waals surface area contributed by atoms with Crippen LogP contribution in [0.25, 0.3) is 6.08 Å². The third-order valence-corrected chi connectivity index (χ3v) is 2.72. The maximum absolute atomic E-state index is 11.5. The molecule has 0 bridgehead atoms. The Labute approximate surface area is 112 Å². The lowest BCUT2D eigenvalue weighted by atomic mass is 10.2. The van der Waals surface area contributed by atoms with Crippen LogP contribution in [0.15, 0.2) is 24.3 Å². The molecule has 0 spiro atoms. The second-order valence-corrected chi connectivity index (χ2v) is 4.50. The Kier molecular flexibility index (Phi) is 4.41. The standard InChI is InChI=1S/C14H18N2O3/c1-10(15)6-7-16-14(17)5-3-11-2-4-12-13(8-11)19-9-18-12/h2-5,8,10H,6-7,9,15H2,1H3,(H,16,17). The van der Waals surface area contributed by atoms with Crippen molar-refractivity contribution in [3.8, 4) is 11.5 Å². The maximum Gasteiger partial charge on any atom is 0.243 e. The molecule has 0 radical (unpaired) electrons. The summed E-state index contributed by atoms with van der Waals surface area (Å²) in [4.78, 5) is 11.5. The molecule has 5 nitrogen and oxygen atoms in total. The van der Waals surface area contributed by atoms with Crippen molar-refractivity contribution in [1.82, 2.24) is 5.32 Å². The lowest BCUT2D eigenvalue weighted by Gasteiger charge is -2.04. The van der Waals surface area contributed by atoms with E-state index >= 15 is 0 Å². The van der Waals surface area contributed by atoms with E-state index in [1.54, 1.807) is 6.08 Å². The summed E-state index contributed by atoms with van der Waals surface area (Å²) in [5, 5.41) is 2.77. The highest BCUT2D eigenvalue weighted by molar-refractivity contribution is 5.91. The van der Waals surface area contributed by atoms with Gasteiger partial charge in [0.15, 0.2) is 11.5 Å². The van der Waals surface area contributed by atoms with Crippen LogP contribution in [0, 0.1) is 0 Å². The minimum absolute atomic E-state index is 0.0955. The van der Waals surface area contributed by atoms with Crippen LogP contribution in [0.2, 0.25) is 0 Å². The first-order valence-corrected chi connectivity index (χ1v) is 6.26. The molecule has 5 heteroatoms. The van der Waals surface area contributed by atoms with Gasteiger partial charge in [-0.05, 0) is 37.1 Å². The third-order valence-electron chi connectivity index (χ3n) is 2.72. The molecular formula is C14H18N2O3. The molecule has 0 saturated heterocycles. The first kappa shape index (κ1) is 13.4. The van der Waals surface area contributed by atoms with Crippen molar-refractivity contribution in [3.63, 3.8) is 0 Å². The van der Waals surface area contributed by atoms with Crippen LogP contribution in [0.5, 0.6) is 11.5 Å². The summed E-state index contributed by atoms with van der Waals surface area (Å²) in [6, 6.07) is 5.64. The van der Waals surface area contributed by atoms with Gasteiger partial charge in [0.2, 0.25) is 12.7 Å². The zero-order valence-corrected chi connectivity index (χ0v) is 10.9. The van der Waals surface area contributed by atoms with Crippen LogP contribution in [0.1, 0.15) is 18.9 Å². The zero-order valence-electron chi connectivity index (χ0n) is 10.9. The van der Waals surface area contributed by atoms with Gasteiger partial charge in [-0.1, -0.05) is 6.07 Å². The summed E-state index contributed by atoms with van der Waals surface area (Å²) in [5.41, 5.74) is 6.50. The van der Waals surface area contributed by atoms with E-state index in [9.17, 15) is 4.79 Å². The van der Waals surface area contributed by atoms with Crippen molar-refractivity contribution in [2.45, 2.75) is 19.4 Å². The molecule has 1 aromatic carbocycles. The topological polar surface area (TPSA) is 73.6 Å². The fraction of sp³-hybridized carbons (Fsp3) is 0.357. The van der Waals surface area contributed by atoms with Crippen LogP contribution in [0.4, 0.5) is 0 Å². The summed E-state index contributed by atoms with van der Waals surface area (Å²) in [6.07, 6.45) is 4.01. The molecule has 3 N–H and O–H groups in total. The van der Waals surface area contributed by atoms with Gasteiger partial charge >= 0.3 is 0 Å². The van der Waals surface area contributed by atoms with Crippen LogP contribution in [-0.2, 0) is 4.79 Å². The lowest BCUT2D eigenvalue weighted by Crippen LogP contribution is -2.27. The highest BCUT2D eigenvalue weighted by atomic mass is 16.7. The number of carbonyl (C=O) groups is 1. The van der Waals surface area contributed by atoms with Crippen molar-refractivity contribution in [1.29, 1.82) is 0 Å². The van der Waals surface area contributed by atoms with Crippen LogP contribution in [-0.4, -0.2) is 25.3 Å². The molecule has 1 amide bonds. The summed E-state index contributed by atoms with van der Waals surface area (Å²) in [7, 11) is 0. The van der Waals surface area contributed by atoms with Gasteiger partial charge in [0.1, 0.15) is 0 Å². The molecule has 1 atom stereocenters. The first-order chi connectivity index (χ1) is 9.15. The minimum atomic E-state index is -0.127. The maximum atomic E-state index is 11.5. The van der Waals surface area contributed by atoms with E-state index in [-0.39, 0.29) is 18.7 Å². The van der Waals surface area contributed by atoms with E-state index in [2.05, 4.69) is 5.32 Å². The number of fused-ring (bicyclic) bond motifs is 1. The van der Waals surface area contributed by atoms with Crippen LogP contribution < -0.4 is 20.5 Å². The summed E-state index contributed by atoms with van der Waals surface area (Å²) < 4.78 is 10.5. The SMILES string of the molecule is CC(N)CCNC(=O)C=Cc1ccc2c(c1)OCO2. The average molecular weight is 262 g/mol. The first-order valence-electron chi connectivity index (χ1n) is 6.26. The number of carbonyl (C=O) groups excluding carboxylic acids is 1. The Balaban J connectivity index is 1.86. The van der Waals surface area contributed by atoms with Crippen molar-refractivity contribution in [3.05, 3.63) is 29.8 Å². The van der Waals surface area contributed by atoms with Crippen molar-refractivity contribution >= 4 is 12.0 Å². The van der Waals surface area contributed by atoms with Gasteiger partial charge in [0.25, 0.3) is 0 Å². The third kappa shape index (κ3) is 3.99. The summed E-state index contributed by atoms with van der Waals surface area (Å²) in [6.45, 7) is 2.75. The van der Waals surface area contributed by atoms with Gasteiger partial charge in [-0.2, -0.15) is 0 Å². The number of nitrogens with one attached hydrogen (secondary N) is 1. The molecule has 102 valence electrons. The molecule has 0 saturated carbocycles. The fourth-order valence-corrected chi connectivity index (χ4v) is 1.67. The minimum Gasteiger partial charge on any atom is -0.454 e. The smallest absolute Gasteiger partial charge is 0.243 e. The van der Waals surface area contributed by atoms with Crippen LogP contribution in [0.3, 0.4) is 0 Å². The number of nitrogens with two attached hydrogens (primary N) is 1. The quantitative estimate of drug-likeness (QED) is 0.784. The number of rotatable bonds is 5. The van der Waals surface area contributed by atoms with Crippen LogP contribution >= 0.6 is 0 Å². The van der Waals surface area contributed by atoms with E-state index in [1.807, 2.05) is 25.1 Å². The van der Waals surface area contributed by atoms with E-state index in [1.165, 1.54) is 6.08 Å².